The van der Waals surface area contributed by atoms with E-state index >= 15 is 0 Å². The highest BCUT2D eigenvalue weighted by Gasteiger charge is 2.27. The Labute approximate surface area is 163 Å². The highest BCUT2D eigenvalue weighted by atomic mass is 35.5. The van der Waals surface area contributed by atoms with Crippen LogP contribution in [0.1, 0.15) is 6.92 Å². The van der Waals surface area contributed by atoms with Gasteiger partial charge in [-0.15, -0.1) is 6.58 Å². The summed E-state index contributed by atoms with van der Waals surface area (Å²) in [5, 5.41) is 3.62. The molecule has 1 fully saturated rings. The van der Waals surface area contributed by atoms with Gasteiger partial charge in [0.15, 0.2) is 6.10 Å². The fourth-order valence-electron chi connectivity index (χ4n) is 2.64. The van der Waals surface area contributed by atoms with E-state index in [-0.39, 0.29) is 11.8 Å². The van der Waals surface area contributed by atoms with Crippen molar-refractivity contribution in [3.8, 4) is 5.75 Å². The van der Waals surface area contributed by atoms with Gasteiger partial charge in [-0.1, -0.05) is 29.3 Å². The summed E-state index contributed by atoms with van der Waals surface area (Å²) >= 11 is 11.9. The van der Waals surface area contributed by atoms with Gasteiger partial charge in [-0.3, -0.25) is 14.5 Å². The van der Waals surface area contributed by atoms with Gasteiger partial charge in [0.2, 0.25) is 5.91 Å². The van der Waals surface area contributed by atoms with Crippen LogP contribution in [0.2, 0.25) is 10.0 Å². The Morgan fingerprint density at radius 1 is 1.31 bits per heavy atom. The Balaban J connectivity index is 1.81. The van der Waals surface area contributed by atoms with Gasteiger partial charge in [0.1, 0.15) is 5.75 Å². The largest absolute Gasteiger partial charge is 0.479 e. The fraction of sp³-hybridized carbons (Fsp3) is 0.444. The van der Waals surface area contributed by atoms with E-state index in [0.717, 1.165) is 0 Å². The minimum Gasteiger partial charge on any atom is -0.479 e. The zero-order valence-corrected chi connectivity index (χ0v) is 16.2. The minimum atomic E-state index is -0.656. The van der Waals surface area contributed by atoms with Crippen LogP contribution in [0.4, 0.5) is 0 Å². The lowest BCUT2D eigenvalue weighted by molar-refractivity contribution is -0.139. The molecule has 1 aliphatic heterocycles. The number of nitrogens with one attached hydrogen (secondary N) is 1. The van der Waals surface area contributed by atoms with E-state index in [1.807, 2.05) is 4.90 Å². The monoisotopic (exact) mass is 399 g/mol. The lowest BCUT2D eigenvalue weighted by Gasteiger charge is -2.35. The molecule has 26 heavy (non-hydrogen) atoms. The molecule has 0 saturated carbocycles. The van der Waals surface area contributed by atoms with Crippen LogP contribution in [-0.2, 0) is 9.59 Å². The molecule has 1 saturated heterocycles. The number of amides is 2. The van der Waals surface area contributed by atoms with Crippen LogP contribution in [0.15, 0.2) is 30.9 Å². The molecule has 142 valence electrons. The average molecular weight is 400 g/mol. The van der Waals surface area contributed by atoms with E-state index in [1.165, 1.54) is 0 Å². The maximum Gasteiger partial charge on any atom is 0.263 e. The van der Waals surface area contributed by atoms with Crippen molar-refractivity contribution in [3.63, 3.8) is 0 Å². The summed E-state index contributed by atoms with van der Waals surface area (Å²) in [5.74, 6) is 0.278. The minimum absolute atomic E-state index is 0.0428. The Morgan fingerprint density at radius 2 is 2.00 bits per heavy atom. The Bertz CT molecular complexity index is 661. The first-order chi connectivity index (χ1) is 12.4. The molecule has 8 heteroatoms. The first-order valence-corrected chi connectivity index (χ1v) is 9.16. The van der Waals surface area contributed by atoms with Gasteiger partial charge >= 0.3 is 0 Å². The highest BCUT2D eigenvalue weighted by molar-refractivity contribution is 6.35. The summed E-state index contributed by atoms with van der Waals surface area (Å²) in [6.45, 7) is 8.43. The molecule has 1 N–H and O–H groups in total. The summed E-state index contributed by atoms with van der Waals surface area (Å²) in [5.41, 5.74) is 0. The van der Waals surface area contributed by atoms with Gasteiger partial charge in [0, 0.05) is 37.7 Å². The van der Waals surface area contributed by atoms with Gasteiger partial charge < -0.3 is 15.0 Å². The molecule has 0 radical (unpaired) electrons. The van der Waals surface area contributed by atoms with Crippen molar-refractivity contribution in [2.24, 2.45) is 0 Å². The number of hydrogen-bond acceptors (Lipinski definition) is 4. The molecule has 1 aromatic rings. The zero-order valence-electron chi connectivity index (χ0n) is 14.7. The molecule has 1 unspecified atom stereocenters. The highest BCUT2D eigenvalue weighted by Crippen LogP contribution is 2.28. The van der Waals surface area contributed by atoms with Crippen LogP contribution in [0, 0.1) is 0 Å². The second-order valence-corrected chi connectivity index (χ2v) is 6.87. The molecule has 0 spiro atoms. The van der Waals surface area contributed by atoms with E-state index in [2.05, 4.69) is 11.9 Å². The molecule has 0 aliphatic carbocycles. The van der Waals surface area contributed by atoms with Crippen molar-refractivity contribution in [2.75, 3.05) is 39.3 Å². The van der Waals surface area contributed by atoms with Crippen LogP contribution in [0.3, 0.4) is 0 Å². The number of carbonyl (C=O) groups excluding carboxylic acids is 2. The molecular formula is C18H23Cl2N3O3. The number of ether oxygens (including phenoxy) is 1. The molecule has 0 aromatic heterocycles. The average Bonchev–Trinajstić information content (AvgIpc) is 2.62. The van der Waals surface area contributed by atoms with Crippen LogP contribution >= 0.6 is 23.2 Å². The number of rotatable bonds is 7. The van der Waals surface area contributed by atoms with E-state index in [1.54, 1.807) is 36.1 Å². The maximum atomic E-state index is 12.6. The predicted octanol–water partition coefficient (Wildman–Crippen LogP) is 2.21. The first-order valence-electron chi connectivity index (χ1n) is 8.41. The molecular weight excluding hydrogens is 377 g/mol. The zero-order chi connectivity index (χ0) is 19.1. The quantitative estimate of drug-likeness (QED) is 0.713. The SMILES string of the molecule is C=CCNC(=O)CN1CCN(C(=O)C(C)Oc2ccc(Cl)cc2Cl)CC1. The number of piperazine rings is 1. The summed E-state index contributed by atoms with van der Waals surface area (Å²) < 4.78 is 5.68. The number of hydrogen-bond donors (Lipinski definition) is 1. The van der Waals surface area contributed by atoms with Gasteiger partial charge in [-0.2, -0.15) is 0 Å². The number of halogens is 2. The van der Waals surface area contributed by atoms with Gasteiger partial charge in [0.05, 0.1) is 11.6 Å². The lowest BCUT2D eigenvalue weighted by Crippen LogP contribution is -2.53. The Morgan fingerprint density at radius 3 is 2.62 bits per heavy atom. The summed E-state index contributed by atoms with van der Waals surface area (Å²) in [4.78, 5) is 28.1. The second-order valence-electron chi connectivity index (χ2n) is 6.03. The standard InChI is InChI=1S/C18H23Cl2N3O3/c1-3-6-21-17(24)12-22-7-9-23(10-8-22)18(25)13(2)26-16-5-4-14(19)11-15(16)20/h3-5,11,13H,1,6-10,12H2,2H3,(H,21,24). The second kappa shape index (κ2) is 9.80. The van der Waals surface area contributed by atoms with Crippen LogP contribution in [-0.4, -0.2) is 67.0 Å². The third-order valence-corrected chi connectivity index (χ3v) is 4.57. The van der Waals surface area contributed by atoms with Gasteiger partial charge in [-0.05, 0) is 25.1 Å². The molecule has 2 rings (SSSR count). The predicted molar refractivity (Wildman–Crippen MR) is 103 cm³/mol. The molecule has 1 heterocycles. The lowest BCUT2D eigenvalue weighted by atomic mass is 10.2. The van der Waals surface area contributed by atoms with Crippen molar-refractivity contribution >= 4 is 35.0 Å². The summed E-state index contributed by atoms with van der Waals surface area (Å²) in [6.07, 6.45) is 0.985. The van der Waals surface area contributed by atoms with Crippen molar-refractivity contribution < 1.29 is 14.3 Å². The van der Waals surface area contributed by atoms with E-state index in [0.29, 0.717) is 55.1 Å². The van der Waals surface area contributed by atoms with Gasteiger partial charge in [0.25, 0.3) is 5.91 Å². The summed E-state index contributed by atoms with van der Waals surface area (Å²) in [6, 6.07) is 4.89. The van der Waals surface area contributed by atoms with Crippen molar-refractivity contribution in [2.45, 2.75) is 13.0 Å². The van der Waals surface area contributed by atoms with Crippen molar-refractivity contribution in [1.29, 1.82) is 0 Å². The van der Waals surface area contributed by atoms with Gasteiger partial charge in [-0.25, -0.2) is 0 Å². The van der Waals surface area contributed by atoms with E-state index < -0.39 is 6.10 Å². The number of nitrogens with zero attached hydrogens (tertiary/aromatic N) is 2. The third-order valence-electron chi connectivity index (χ3n) is 4.04. The molecule has 0 bridgehead atoms. The smallest absolute Gasteiger partial charge is 0.263 e. The van der Waals surface area contributed by atoms with Crippen molar-refractivity contribution in [1.82, 2.24) is 15.1 Å². The van der Waals surface area contributed by atoms with Crippen LogP contribution in [0.5, 0.6) is 5.75 Å². The number of benzene rings is 1. The molecule has 1 aliphatic rings. The van der Waals surface area contributed by atoms with E-state index in [9.17, 15) is 9.59 Å². The van der Waals surface area contributed by atoms with Crippen LogP contribution < -0.4 is 10.1 Å². The first kappa shape index (κ1) is 20.6. The normalized spacial score (nSPS) is 16.0. The fourth-order valence-corrected chi connectivity index (χ4v) is 3.09. The molecule has 1 aromatic carbocycles. The maximum absolute atomic E-state index is 12.6. The number of carbonyl (C=O) groups is 2. The topological polar surface area (TPSA) is 61.9 Å². The molecule has 2 amide bonds. The summed E-state index contributed by atoms with van der Waals surface area (Å²) in [7, 11) is 0. The van der Waals surface area contributed by atoms with Crippen LogP contribution in [0.25, 0.3) is 0 Å². The molecule has 1 atom stereocenters. The Hall–Kier alpha value is -1.76. The third kappa shape index (κ3) is 5.90. The van der Waals surface area contributed by atoms with E-state index in [4.69, 9.17) is 27.9 Å². The van der Waals surface area contributed by atoms with Crippen molar-refractivity contribution in [3.05, 3.63) is 40.9 Å². The Kier molecular flexibility index (Phi) is 7.75. The molecule has 6 nitrogen and oxygen atoms in total.